The van der Waals surface area contributed by atoms with Crippen LogP contribution < -0.4 is 10.6 Å². The third-order valence-corrected chi connectivity index (χ3v) is 3.23. The summed E-state index contributed by atoms with van der Waals surface area (Å²) in [5.74, 6) is -0.239. The molecular weight excluding hydrogens is 275 g/mol. The maximum Gasteiger partial charge on any atom is 0.252 e. The molecule has 0 bridgehead atoms. The highest BCUT2D eigenvalue weighted by molar-refractivity contribution is 6.35. The number of morpholine rings is 1. The highest BCUT2D eigenvalue weighted by Gasteiger charge is 2.16. The summed E-state index contributed by atoms with van der Waals surface area (Å²) in [5.41, 5.74) is 0.382. The molecule has 2 N–H and O–H groups in total. The van der Waals surface area contributed by atoms with Crippen LogP contribution in [-0.4, -0.2) is 38.3 Å². The van der Waals surface area contributed by atoms with Gasteiger partial charge in [-0.2, -0.15) is 0 Å². The van der Waals surface area contributed by atoms with E-state index in [1.165, 1.54) is 0 Å². The van der Waals surface area contributed by atoms with Crippen molar-refractivity contribution in [2.24, 2.45) is 0 Å². The summed E-state index contributed by atoms with van der Waals surface area (Å²) in [6, 6.07) is 4.81. The Bertz CT molecular complexity index is 434. The summed E-state index contributed by atoms with van der Waals surface area (Å²) in [6.45, 7) is 2.71. The summed E-state index contributed by atoms with van der Waals surface area (Å²) in [6.07, 6.45) is 0.000611. The first kappa shape index (κ1) is 13.6. The molecule has 2 rings (SSSR count). The van der Waals surface area contributed by atoms with Crippen molar-refractivity contribution in [1.29, 1.82) is 0 Å². The van der Waals surface area contributed by atoms with E-state index in [0.29, 0.717) is 28.8 Å². The van der Waals surface area contributed by atoms with E-state index in [1.54, 1.807) is 18.2 Å². The van der Waals surface area contributed by atoms with Crippen molar-refractivity contribution in [3.05, 3.63) is 33.8 Å². The average Bonchev–Trinajstić information content (AvgIpc) is 2.40. The summed E-state index contributed by atoms with van der Waals surface area (Å²) >= 11 is 11.8. The minimum Gasteiger partial charge on any atom is -0.374 e. The Morgan fingerprint density at radius 3 is 3.06 bits per heavy atom. The number of rotatable bonds is 3. The minimum absolute atomic E-state index is 0.000611. The van der Waals surface area contributed by atoms with E-state index < -0.39 is 0 Å². The van der Waals surface area contributed by atoms with Crippen molar-refractivity contribution >= 4 is 29.1 Å². The van der Waals surface area contributed by atoms with Gasteiger partial charge in [0.1, 0.15) is 0 Å². The zero-order valence-electron chi connectivity index (χ0n) is 9.71. The first-order valence-electron chi connectivity index (χ1n) is 5.72. The van der Waals surface area contributed by atoms with Gasteiger partial charge in [-0.25, -0.2) is 0 Å². The lowest BCUT2D eigenvalue weighted by Gasteiger charge is -2.23. The molecule has 1 unspecified atom stereocenters. The molecule has 98 valence electrons. The van der Waals surface area contributed by atoms with Crippen LogP contribution in [0.25, 0.3) is 0 Å². The van der Waals surface area contributed by atoms with E-state index in [-0.39, 0.29) is 12.0 Å². The van der Waals surface area contributed by atoms with Gasteiger partial charge in [-0.3, -0.25) is 4.79 Å². The van der Waals surface area contributed by atoms with Gasteiger partial charge in [0.25, 0.3) is 5.91 Å². The molecule has 1 heterocycles. The lowest BCUT2D eigenvalue weighted by Crippen LogP contribution is -2.45. The Morgan fingerprint density at radius 2 is 2.33 bits per heavy atom. The number of hydrogen-bond donors (Lipinski definition) is 2. The number of halogens is 2. The van der Waals surface area contributed by atoms with E-state index in [2.05, 4.69) is 10.6 Å². The third-order valence-electron chi connectivity index (χ3n) is 2.67. The molecule has 0 saturated carbocycles. The largest absolute Gasteiger partial charge is 0.374 e. The van der Waals surface area contributed by atoms with Crippen LogP contribution >= 0.6 is 23.2 Å². The molecule has 1 aromatic carbocycles. The van der Waals surface area contributed by atoms with E-state index >= 15 is 0 Å². The third kappa shape index (κ3) is 3.59. The van der Waals surface area contributed by atoms with Gasteiger partial charge in [0, 0.05) is 24.7 Å². The number of ether oxygens (including phenoxy) is 1. The number of carbonyl (C=O) groups excluding carboxylic acids is 1. The van der Waals surface area contributed by atoms with Gasteiger partial charge in [-0.15, -0.1) is 0 Å². The normalized spacial score (nSPS) is 19.6. The number of amides is 1. The van der Waals surface area contributed by atoms with Crippen molar-refractivity contribution in [3.63, 3.8) is 0 Å². The molecule has 1 atom stereocenters. The van der Waals surface area contributed by atoms with E-state index in [4.69, 9.17) is 27.9 Å². The number of benzene rings is 1. The maximum absolute atomic E-state index is 11.9. The fraction of sp³-hybridized carbons (Fsp3) is 0.417. The summed E-state index contributed by atoms with van der Waals surface area (Å²) in [5, 5.41) is 6.86. The lowest BCUT2D eigenvalue weighted by molar-refractivity contribution is 0.0287. The van der Waals surface area contributed by atoms with Crippen LogP contribution in [0.3, 0.4) is 0 Å². The minimum atomic E-state index is -0.239. The molecule has 0 spiro atoms. The van der Waals surface area contributed by atoms with Gasteiger partial charge >= 0.3 is 0 Å². The smallest absolute Gasteiger partial charge is 0.252 e. The standard InChI is InChI=1S/C12H14Cl2N2O2/c13-8-1-2-11(14)10(5-8)12(17)16-7-9-6-15-3-4-18-9/h1-2,5,9,15H,3-4,6-7H2,(H,16,17). The summed E-state index contributed by atoms with van der Waals surface area (Å²) < 4.78 is 5.48. The molecular formula is C12H14Cl2N2O2. The predicted molar refractivity (Wildman–Crippen MR) is 71.4 cm³/mol. The van der Waals surface area contributed by atoms with E-state index in [9.17, 15) is 4.79 Å². The van der Waals surface area contributed by atoms with Crippen LogP contribution in [0.2, 0.25) is 10.0 Å². The second-order valence-electron chi connectivity index (χ2n) is 4.03. The maximum atomic E-state index is 11.9. The van der Waals surface area contributed by atoms with Crippen LogP contribution in [-0.2, 0) is 4.74 Å². The van der Waals surface area contributed by atoms with Crippen LogP contribution in [0.1, 0.15) is 10.4 Å². The fourth-order valence-corrected chi connectivity index (χ4v) is 2.10. The Kier molecular flexibility index (Phi) is 4.83. The summed E-state index contributed by atoms with van der Waals surface area (Å²) in [4.78, 5) is 11.9. The Morgan fingerprint density at radius 1 is 1.50 bits per heavy atom. The van der Waals surface area contributed by atoms with Gasteiger partial charge in [-0.1, -0.05) is 23.2 Å². The predicted octanol–water partition coefficient (Wildman–Crippen LogP) is 1.71. The van der Waals surface area contributed by atoms with Crippen molar-refractivity contribution in [2.75, 3.05) is 26.2 Å². The van der Waals surface area contributed by atoms with Crippen LogP contribution in [0, 0.1) is 0 Å². The Balaban J connectivity index is 1.92. The molecule has 18 heavy (non-hydrogen) atoms. The SMILES string of the molecule is O=C(NCC1CNCCO1)c1cc(Cl)ccc1Cl. The van der Waals surface area contributed by atoms with Gasteiger partial charge < -0.3 is 15.4 Å². The molecule has 1 amide bonds. The highest BCUT2D eigenvalue weighted by Crippen LogP contribution is 2.20. The zero-order chi connectivity index (χ0) is 13.0. The number of carbonyl (C=O) groups is 1. The van der Waals surface area contributed by atoms with Crippen LogP contribution in [0.15, 0.2) is 18.2 Å². The molecule has 4 nitrogen and oxygen atoms in total. The first-order valence-corrected chi connectivity index (χ1v) is 6.48. The quantitative estimate of drug-likeness (QED) is 0.890. The summed E-state index contributed by atoms with van der Waals surface area (Å²) in [7, 11) is 0. The Hall–Kier alpha value is -0.810. The molecule has 1 aromatic rings. The van der Waals surface area contributed by atoms with Crippen molar-refractivity contribution in [3.8, 4) is 0 Å². The fourth-order valence-electron chi connectivity index (χ4n) is 1.72. The monoisotopic (exact) mass is 288 g/mol. The average molecular weight is 289 g/mol. The molecule has 6 heteroatoms. The number of hydrogen-bond acceptors (Lipinski definition) is 3. The van der Waals surface area contributed by atoms with E-state index in [1.807, 2.05) is 0 Å². The van der Waals surface area contributed by atoms with Gasteiger partial charge in [0.15, 0.2) is 0 Å². The van der Waals surface area contributed by atoms with Gasteiger partial charge in [0.05, 0.1) is 23.3 Å². The second-order valence-corrected chi connectivity index (χ2v) is 4.87. The molecule has 0 aliphatic carbocycles. The van der Waals surface area contributed by atoms with E-state index in [0.717, 1.165) is 13.1 Å². The molecule has 1 aliphatic rings. The zero-order valence-corrected chi connectivity index (χ0v) is 11.2. The highest BCUT2D eigenvalue weighted by atomic mass is 35.5. The first-order chi connectivity index (χ1) is 8.66. The van der Waals surface area contributed by atoms with Crippen molar-refractivity contribution < 1.29 is 9.53 Å². The van der Waals surface area contributed by atoms with Crippen LogP contribution in [0.4, 0.5) is 0 Å². The lowest BCUT2D eigenvalue weighted by atomic mass is 10.2. The Labute approximate surface area is 116 Å². The molecule has 0 radical (unpaired) electrons. The molecule has 1 fully saturated rings. The molecule has 1 aliphatic heterocycles. The molecule has 0 aromatic heterocycles. The van der Waals surface area contributed by atoms with Gasteiger partial charge in [-0.05, 0) is 18.2 Å². The number of nitrogens with one attached hydrogen (secondary N) is 2. The topological polar surface area (TPSA) is 50.4 Å². The van der Waals surface area contributed by atoms with Crippen LogP contribution in [0.5, 0.6) is 0 Å². The molecule has 1 saturated heterocycles. The van der Waals surface area contributed by atoms with Crippen molar-refractivity contribution in [1.82, 2.24) is 10.6 Å². The second kappa shape index (κ2) is 6.38. The van der Waals surface area contributed by atoms with Crippen molar-refractivity contribution in [2.45, 2.75) is 6.10 Å². The van der Waals surface area contributed by atoms with Gasteiger partial charge in [0.2, 0.25) is 0 Å².